The number of esters is 2. The van der Waals surface area contributed by atoms with Crippen molar-refractivity contribution in [2.45, 2.75) is 130 Å². The first-order valence-corrected chi connectivity index (χ1v) is 12.7. The normalized spacial score (nSPS) is 11.9. The molecule has 0 heterocycles. The number of nitrogens with zero attached hydrogens (tertiary/aromatic N) is 1. The lowest BCUT2D eigenvalue weighted by molar-refractivity contribution is -0.160. The van der Waals surface area contributed by atoms with Crippen molar-refractivity contribution in [3.05, 3.63) is 0 Å². The number of unbranched alkanes of at least 4 members (excludes halogenated alkanes) is 10. The largest absolute Gasteiger partial charge is 0.392 e. The van der Waals surface area contributed by atoms with Gasteiger partial charge in [-0.3, -0.25) is 9.59 Å². The molecule has 1 atom stereocenters. The Morgan fingerprint density at radius 3 is 1.71 bits per heavy atom. The van der Waals surface area contributed by atoms with E-state index < -0.39 is 18.0 Å². The number of nitrogens with two attached hydrogens (primary N) is 1. The quantitative estimate of drug-likeness (QED) is 0.153. The molecule has 0 fully saturated rings. The molecule has 2 N–H and O–H groups in total. The monoisotopic (exact) mass is 440 g/mol. The van der Waals surface area contributed by atoms with Crippen LogP contribution in [-0.2, 0) is 19.1 Å². The van der Waals surface area contributed by atoms with Crippen LogP contribution in [0.4, 0.5) is 0 Å². The number of hydrogen-bond acceptors (Lipinski definition) is 5. The number of hydrogen-bond donors (Lipinski definition) is 1. The minimum Gasteiger partial charge on any atom is -0.392 e. The van der Waals surface area contributed by atoms with Gasteiger partial charge in [0, 0.05) is 25.9 Å². The summed E-state index contributed by atoms with van der Waals surface area (Å²) in [5, 5.41) is 0. The SMILES string of the molecule is CCCCCCCCCCCC(=O)OC(=O)[C@@H](N)CCC(=O)N(CCCC)CCCC. The van der Waals surface area contributed by atoms with Crippen molar-refractivity contribution in [1.29, 1.82) is 0 Å². The number of carbonyl (C=O) groups excluding carboxylic acids is 3. The summed E-state index contributed by atoms with van der Waals surface area (Å²) in [7, 11) is 0. The summed E-state index contributed by atoms with van der Waals surface area (Å²) in [6.07, 6.45) is 15.1. The van der Waals surface area contributed by atoms with E-state index in [1.165, 1.54) is 38.5 Å². The third kappa shape index (κ3) is 16.9. The average Bonchev–Trinajstić information content (AvgIpc) is 2.76. The Morgan fingerprint density at radius 2 is 1.19 bits per heavy atom. The van der Waals surface area contributed by atoms with E-state index in [1.807, 2.05) is 4.90 Å². The Bertz CT molecular complexity index is 474. The highest BCUT2D eigenvalue weighted by Gasteiger charge is 2.21. The summed E-state index contributed by atoms with van der Waals surface area (Å²) in [6, 6.07) is -0.935. The van der Waals surface area contributed by atoms with Crippen LogP contribution < -0.4 is 5.73 Å². The van der Waals surface area contributed by atoms with Crippen LogP contribution in [0.2, 0.25) is 0 Å². The highest BCUT2D eigenvalue weighted by atomic mass is 16.6. The molecule has 182 valence electrons. The molecule has 1 amide bonds. The van der Waals surface area contributed by atoms with Crippen molar-refractivity contribution in [2.24, 2.45) is 5.73 Å². The third-order valence-corrected chi connectivity index (χ3v) is 5.59. The Kier molecular flexibility index (Phi) is 19.5. The zero-order chi connectivity index (χ0) is 23.3. The molecule has 0 saturated carbocycles. The van der Waals surface area contributed by atoms with Crippen LogP contribution >= 0.6 is 0 Å². The molecule has 0 radical (unpaired) electrons. The van der Waals surface area contributed by atoms with Crippen LogP contribution in [-0.4, -0.2) is 41.9 Å². The van der Waals surface area contributed by atoms with E-state index in [2.05, 4.69) is 20.8 Å². The van der Waals surface area contributed by atoms with E-state index in [4.69, 9.17) is 10.5 Å². The highest BCUT2D eigenvalue weighted by Crippen LogP contribution is 2.11. The average molecular weight is 441 g/mol. The predicted molar refractivity (Wildman–Crippen MR) is 127 cm³/mol. The van der Waals surface area contributed by atoms with Crippen LogP contribution in [0.15, 0.2) is 0 Å². The lowest BCUT2D eigenvalue weighted by Gasteiger charge is -2.23. The van der Waals surface area contributed by atoms with Gasteiger partial charge in [-0.15, -0.1) is 0 Å². The maximum Gasteiger partial charge on any atom is 0.330 e. The lowest BCUT2D eigenvalue weighted by Crippen LogP contribution is -2.37. The van der Waals surface area contributed by atoms with Crippen molar-refractivity contribution < 1.29 is 19.1 Å². The number of carbonyl (C=O) groups is 3. The minimum atomic E-state index is -0.935. The molecule has 0 aromatic rings. The summed E-state index contributed by atoms with van der Waals surface area (Å²) >= 11 is 0. The van der Waals surface area contributed by atoms with Gasteiger partial charge in [0.2, 0.25) is 5.91 Å². The van der Waals surface area contributed by atoms with Gasteiger partial charge < -0.3 is 15.4 Å². The first kappa shape index (κ1) is 29.6. The van der Waals surface area contributed by atoms with Gasteiger partial charge in [0.25, 0.3) is 0 Å². The Balaban J connectivity index is 4.00. The summed E-state index contributed by atoms with van der Waals surface area (Å²) in [4.78, 5) is 38.2. The van der Waals surface area contributed by atoms with E-state index in [0.717, 1.165) is 58.0 Å². The molecule has 6 nitrogen and oxygen atoms in total. The molecule has 0 bridgehead atoms. The first-order chi connectivity index (χ1) is 15.0. The van der Waals surface area contributed by atoms with Crippen LogP contribution in [0, 0.1) is 0 Å². The van der Waals surface area contributed by atoms with Gasteiger partial charge in [-0.2, -0.15) is 0 Å². The van der Waals surface area contributed by atoms with Crippen molar-refractivity contribution in [3.63, 3.8) is 0 Å². The molecule has 0 aliphatic heterocycles. The van der Waals surface area contributed by atoms with Gasteiger partial charge in [-0.05, 0) is 25.7 Å². The minimum absolute atomic E-state index is 0.0196. The van der Waals surface area contributed by atoms with Gasteiger partial charge in [0.1, 0.15) is 6.04 Å². The first-order valence-electron chi connectivity index (χ1n) is 12.7. The molecule has 0 rings (SSSR count). The van der Waals surface area contributed by atoms with E-state index in [1.54, 1.807) is 0 Å². The fraction of sp³-hybridized carbons (Fsp3) is 0.880. The zero-order valence-corrected chi connectivity index (χ0v) is 20.5. The highest BCUT2D eigenvalue weighted by molar-refractivity contribution is 5.88. The molecule has 0 spiro atoms. The van der Waals surface area contributed by atoms with E-state index in [9.17, 15) is 14.4 Å². The summed E-state index contributed by atoms with van der Waals surface area (Å²) in [5.41, 5.74) is 5.86. The molecule has 0 aliphatic carbocycles. The standard InChI is InChI=1S/C25H48N2O4/c1-4-7-10-11-12-13-14-15-16-17-24(29)31-25(30)22(26)18-19-23(28)27(20-8-5-2)21-9-6-3/h22H,4-21,26H2,1-3H3/t22-/m0/s1. The van der Waals surface area contributed by atoms with E-state index >= 15 is 0 Å². The molecule has 0 saturated heterocycles. The molecule has 6 heteroatoms. The summed E-state index contributed by atoms with van der Waals surface area (Å²) < 4.78 is 4.88. The Labute approximate surface area is 190 Å². The van der Waals surface area contributed by atoms with E-state index in [0.29, 0.717) is 0 Å². The molecular weight excluding hydrogens is 392 g/mol. The van der Waals surface area contributed by atoms with Gasteiger partial charge in [-0.1, -0.05) is 85.0 Å². The summed E-state index contributed by atoms with van der Waals surface area (Å²) in [5.74, 6) is -1.21. The summed E-state index contributed by atoms with van der Waals surface area (Å²) in [6.45, 7) is 7.89. The molecule has 0 aromatic heterocycles. The molecule has 0 aromatic carbocycles. The second-order valence-corrected chi connectivity index (χ2v) is 8.60. The lowest BCUT2D eigenvalue weighted by atomic mass is 10.1. The molecule has 0 aliphatic rings. The second-order valence-electron chi connectivity index (χ2n) is 8.60. The van der Waals surface area contributed by atoms with E-state index in [-0.39, 0.29) is 25.2 Å². The zero-order valence-electron chi connectivity index (χ0n) is 20.5. The molecule has 0 unspecified atom stereocenters. The fourth-order valence-electron chi connectivity index (χ4n) is 3.43. The van der Waals surface area contributed by atoms with Crippen molar-refractivity contribution in [1.82, 2.24) is 4.90 Å². The molecular formula is C25H48N2O4. The van der Waals surface area contributed by atoms with Gasteiger partial charge in [0.05, 0.1) is 0 Å². The number of amides is 1. The van der Waals surface area contributed by atoms with Crippen molar-refractivity contribution in [2.75, 3.05) is 13.1 Å². The fourth-order valence-corrected chi connectivity index (χ4v) is 3.43. The van der Waals surface area contributed by atoms with Crippen LogP contribution in [0.5, 0.6) is 0 Å². The second kappa shape index (κ2) is 20.5. The van der Waals surface area contributed by atoms with Crippen LogP contribution in [0.3, 0.4) is 0 Å². The van der Waals surface area contributed by atoms with Gasteiger partial charge in [-0.25, -0.2) is 4.79 Å². The Hall–Kier alpha value is -1.43. The van der Waals surface area contributed by atoms with Crippen LogP contribution in [0.1, 0.15) is 124 Å². The predicted octanol–water partition coefficient (Wildman–Crippen LogP) is 5.51. The maximum atomic E-state index is 12.5. The van der Waals surface area contributed by atoms with Gasteiger partial charge >= 0.3 is 11.9 Å². The smallest absolute Gasteiger partial charge is 0.330 e. The van der Waals surface area contributed by atoms with Crippen LogP contribution in [0.25, 0.3) is 0 Å². The van der Waals surface area contributed by atoms with Crippen molar-refractivity contribution >= 4 is 17.8 Å². The third-order valence-electron chi connectivity index (χ3n) is 5.59. The van der Waals surface area contributed by atoms with Crippen molar-refractivity contribution in [3.8, 4) is 0 Å². The maximum absolute atomic E-state index is 12.5. The number of rotatable bonds is 20. The Morgan fingerprint density at radius 1 is 0.710 bits per heavy atom. The van der Waals surface area contributed by atoms with Gasteiger partial charge in [0.15, 0.2) is 0 Å². The molecule has 31 heavy (non-hydrogen) atoms. The number of ether oxygens (including phenoxy) is 1. The topological polar surface area (TPSA) is 89.7 Å².